The summed E-state index contributed by atoms with van der Waals surface area (Å²) in [4.78, 5) is 36.1. The summed E-state index contributed by atoms with van der Waals surface area (Å²) in [6.07, 6.45) is 0. The molecular weight excluding hydrogens is 396 g/mol. The van der Waals surface area contributed by atoms with Crippen molar-refractivity contribution in [2.75, 3.05) is 38.8 Å². The minimum Gasteiger partial charge on any atom is -0.497 e. The molecule has 1 saturated heterocycles. The van der Waals surface area contributed by atoms with Gasteiger partial charge in [0, 0.05) is 56.0 Å². The van der Waals surface area contributed by atoms with E-state index >= 15 is 0 Å². The zero-order chi connectivity index (χ0) is 22.1. The average Bonchev–Trinajstić information content (AvgIpc) is 2.77. The van der Waals surface area contributed by atoms with Gasteiger partial charge in [0.15, 0.2) is 0 Å². The fourth-order valence-electron chi connectivity index (χ4n) is 4.12. The number of rotatable bonds is 4. The van der Waals surface area contributed by atoms with E-state index in [4.69, 9.17) is 9.47 Å². The number of nitrogens with one attached hydrogen (secondary N) is 1. The van der Waals surface area contributed by atoms with Crippen LogP contribution < -0.4 is 19.9 Å². The lowest BCUT2D eigenvalue weighted by atomic mass is 10.1. The van der Waals surface area contributed by atoms with Gasteiger partial charge < -0.3 is 24.3 Å². The molecule has 1 aliphatic heterocycles. The number of H-pyrrole nitrogens is 1. The van der Waals surface area contributed by atoms with Crippen LogP contribution in [-0.4, -0.2) is 60.7 Å². The third-order valence-corrected chi connectivity index (χ3v) is 5.74. The number of hydrogen-bond acceptors (Lipinski definition) is 6. The van der Waals surface area contributed by atoms with Crippen LogP contribution in [0.5, 0.6) is 11.5 Å². The Bertz CT molecular complexity index is 1170. The number of nitrogens with zero attached hydrogens (tertiary/aromatic N) is 3. The van der Waals surface area contributed by atoms with Crippen LogP contribution in [0, 0.1) is 0 Å². The molecule has 4 rings (SSSR count). The fourth-order valence-corrected chi connectivity index (χ4v) is 4.12. The lowest BCUT2D eigenvalue weighted by Gasteiger charge is -2.40. The Morgan fingerprint density at radius 1 is 1.13 bits per heavy atom. The van der Waals surface area contributed by atoms with E-state index in [1.165, 1.54) is 7.11 Å². The van der Waals surface area contributed by atoms with Gasteiger partial charge in [0.2, 0.25) is 5.91 Å². The van der Waals surface area contributed by atoms with Gasteiger partial charge in [0.25, 0.3) is 5.56 Å². The summed E-state index contributed by atoms with van der Waals surface area (Å²) in [5.41, 5.74) is 2.12. The van der Waals surface area contributed by atoms with E-state index in [-0.39, 0.29) is 17.5 Å². The van der Waals surface area contributed by atoms with Crippen molar-refractivity contribution in [3.63, 3.8) is 0 Å². The Labute approximate surface area is 180 Å². The quantitative estimate of drug-likeness (QED) is 0.696. The number of ether oxygens (including phenoxy) is 2. The molecule has 2 aromatic carbocycles. The number of fused-ring (bicyclic) bond motifs is 1. The number of carbonyl (C=O) groups is 1. The Kier molecular flexibility index (Phi) is 5.54. The smallest absolute Gasteiger partial charge is 0.262 e. The second-order valence-corrected chi connectivity index (χ2v) is 7.69. The Morgan fingerprint density at radius 3 is 2.48 bits per heavy atom. The molecule has 1 N–H and O–H groups in total. The summed E-state index contributed by atoms with van der Waals surface area (Å²) in [6.45, 7) is 5.95. The van der Waals surface area contributed by atoms with Crippen molar-refractivity contribution in [1.82, 2.24) is 14.9 Å². The van der Waals surface area contributed by atoms with Crippen LogP contribution in [-0.2, 0) is 4.79 Å². The Balaban J connectivity index is 1.64. The molecule has 1 amide bonds. The van der Waals surface area contributed by atoms with Gasteiger partial charge in [-0.05, 0) is 31.2 Å². The highest BCUT2D eigenvalue weighted by atomic mass is 16.5. The maximum atomic E-state index is 12.7. The molecule has 0 radical (unpaired) electrons. The van der Waals surface area contributed by atoms with Crippen LogP contribution in [0.1, 0.15) is 13.8 Å². The van der Waals surface area contributed by atoms with Crippen LogP contribution in [0.15, 0.2) is 41.2 Å². The normalized spacial score (nSPS) is 16.5. The molecule has 31 heavy (non-hydrogen) atoms. The van der Waals surface area contributed by atoms with E-state index in [2.05, 4.69) is 21.8 Å². The number of aromatic amines is 1. The number of amides is 1. The van der Waals surface area contributed by atoms with Gasteiger partial charge in [0.05, 0.1) is 19.7 Å². The van der Waals surface area contributed by atoms with Gasteiger partial charge in [-0.25, -0.2) is 4.98 Å². The summed E-state index contributed by atoms with van der Waals surface area (Å²) in [7, 11) is 3.07. The van der Waals surface area contributed by atoms with Gasteiger partial charge in [-0.3, -0.25) is 9.59 Å². The standard InChI is InChI=1S/C23H26N4O4/c1-14-13-26(9-10-27(14)15(2)28)17-7-5-16(6-8-17)22-24-19-11-18(30-3)12-20(31-4)21(19)23(29)25-22/h5-8,11-12,14H,9-10,13H2,1-4H3,(H,24,25,29). The number of aromatic nitrogens is 2. The Morgan fingerprint density at radius 2 is 1.87 bits per heavy atom. The second-order valence-electron chi connectivity index (χ2n) is 7.69. The molecule has 1 aliphatic rings. The molecule has 8 nitrogen and oxygen atoms in total. The first-order valence-corrected chi connectivity index (χ1v) is 10.2. The van der Waals surface area contributed by atoms with Gasteiger partial charge in [-0.15, -0.1) is 0 Å². The molecule has 1 unspecified atom stereocenters. The zero-order valence-electron chi connectivity index (χ0n) is 18.1. The number of piperazine rings is 1. The van der Waals surface area contributed by atoms with Crippen molar-refractivity contribution in [1.29, 1.82) is 0 Å². The lowest BCUT2D eigenvalue weighted by Crippen LogP contribution is -2.53. The second kappa shape index (κ2) is 8.29. The third-order valence-electron chi connectivity index (χ3n) is 5.74. The van der Waals surface area contributed by atoms with Crippen LogP contribution in [0.4, 0.5) is 5.69 Å². The topological polar surface area (TPSA) is 87.8 Å². The van der Waals surface area contributed by atoms with E-state index in [1.807, 2.05) is 29.2 Å². The molecule has 0 saturated carbocycles. The molecule has 1 atom stereocenters. The van der Waals surface area contributed by atoms with Crippen molar-refractivity contribution in [3.05, 3.63) is 46.8 Å². The number of hydrogen-bond donors (Lipinski definition) is 1. The van der Waals surface area contributed by atoms with E-state index in [1.54, 1.807) is 26.2 Å². The molecule has 1 fully saturated rings. The summed E-state index contributed by atoms with van der Waals surface area (Å²) in [5.74, 6) is 1.59. The molecule has 0 aliphatic carbocycles. The van der Waals surface area contributed by atoms with Crippen molar-refractivity contribution in [2.24, 2.45) is 0 Å². The van der Waals surface area contributed by atoms with Gasteiger partial charge in [-0.2, -0.15) is 0 Å². The number of anilines is 1. The summed E-state index contributed by atoms with van der Waals surface area (Å²) in [6, 6.07) is 11.5. The van der Waals surface area contributed by atoms with E-state index in [0.717, 1.165) is 24.3 Å². The van der Waals surface area contributed by atoms with Gasteiger partial charge >= 0.3 is 0 Å². The van der Waals surface area contributed by atoms with Crippen molar-refractivity contribution < 1.29 is 14.3 Å². The minimum absolute atomic E-state index is 0.113. The van der Waals surface area contributed by atoms with Gasteiger partial charge in [0.1, 0.15) is 22.7 Å². The summed E-state index contributed by atoms with van der Waals surface area (Å²) >= 11 is 0. The first-order chi connectivity index (χ1) is 14.9. The molecule has 1 aromatic heterocycles. The predicted octanol–water partition coefficient (Wildman–Crippen LogP) is 2.66. The molecular formula is C23H26N4O4. The van der Waals surface area contributed by atoms with E-state index in [0.29, 0.717) is 34.8 Å². The van der Waals surface area contributed by atoms with Crippen LogP contribution in [0.25, 0.3) is 22.3 Å². The van der Waals surface area contributed by atoms with Gasteiger partial charge in [-0.1, -0.05) is 0 Å². The lowest BCUT2D eigenvalue weighted by molar-refractivity contribution is -0.131. The largest absolute Gasteiger partial charge is 0.497 e. The van der Waals surface area contributed by atoms with Crippen molar-refractivity contribution >= 4 is 22.5 Å². The monoisotopic (exact) mass is 422 g/mol. The van der Waals surface area contributed by atoms with Crippen LogP contribution in [0.2, 0.25) is 0 Å². The summed E-state index contributed by atoms with van der Waals surface area (Å²) in [5, 5.41) is 0.390. The number of carbonyl (C=O) groups excluding carboxylic acids is 1. The van der Waals surface area contributed by atoms with Crippen LogP contribution in [0.3, 0.4) is 0 Å². The van der Waals surface area contributed by atoms with Crippen LogP contribution >= 0.6 is 0 Å². The molecule has 0 spiro atoms. The van der Waals surface area contributed by atoms with E-state index < -0.39 is 0 Å². The predicted molar refractivity (Wildman–Crippen MR) is 120 cm³/mol. The maximum Gasteiger partial charge on any atom is 0.262 e. The zero-order valence-corrected chi connectivity index (χ0v) is 18.1. The molecule has 2 heterocycles. The van der Waals surface area contributed by atoms with Crippen molar-refractivity contribution in [3.8, 4) is 22.9 Å². The molecule has 8 heteroatoms. The number of benzene rings is 2. The molecule has 0 bridgehead atoms. The number of methoxy groups -OCH3 is 2. The maximum absolute atomic E-state index is 12.7. The fraction of sp³-hybridized carbons (Fsp3) is 0.348. The molecule has 162 valence electrons. The SMILES string of the molecule is COc1cc(OC)c2c(=O)[nH]c(-c3ccc(N4CCN(C(C)=O)C(C)C4)cc3)nc2c1. The van der Waals surface area contributed by atoms with Crippen molar-refractivity contribution in [2.45, 2.75) is 19.9 Å². The Hall–Kier alpha value is -3.55. The summed E-state index contributed by atoms with van der Waals surface area (Å²) < 4.78 is 10.6. The highest BCUT2D eigenvalue weighted by molar-refractivity contribution is 5.87. The minimum atomic E-state index is -0.266. The first kappa shape index (κ1) is 20.7. The third kappa shape index (κ3) is 3.93. The first-order valence-electron chi connectivity index (χ1n) is 10.2. The highest BCUT2D eigenvalue weighted by Gasteiger charge is 2.25. The molecule has 3 aromatic rings. The van der Waals surface area contributed by atoms with E-state index in [9.17, 15) is 9.59 Å². The average molecular weight is 422 g/mol. The highest BCUT2D eigenvalue weighted by Crippen LogP contribution is 2.29.